The second kappa shape index (κ2) is 6.08. The van der Waals surface area contributed by atoms with Crippen LogP contribution in [0.15, 0.2) is 18.2 Å². The Bertz CT molecular complexity index is 627. The molecule has 1 aliphatic heterocycles. The molecule has 0 bridgehead atoms. The SMILES string of the molecule is O=C(O)c1cc(C(=O)NN2CCCNC2=O)cc([N+](=O)[O-])c1. The first-order valence-electron chi connectivity index (χ1n) is 6.27. The second-order valence-electron chi connectivity index (χ2n) is 4.51. The summed E-state index contributed by atoms with van der Waals surface area (Å²) in [5.74, 6) is -2.20. The van der Waals surface area contributed by atoms with Gasteiger partial charge in [-0.25, -0.2) is 14.6 Å². The van der Waals surface area contributed by atoms with E-state index in [2.05, 4.69) is 10.7 Å². The molecule has 10 nitrogen and oxygen atoms in total. The van der Waals surface area contributed by atoms with E-state index >= 15 is 0 Å². The second-order valence-corrected chi connectivity index (χ2v) is 4.51. The maximum absolute atomic E-state index is 12.1. The first-order valence-corrected chi connectivity index (χ1v) is 6.27. The molecule has 0 unspecified atom stereocenters. The third kappa shape index (κ3) is 3.29. The number of non-ortho nitro benzene ring substituents is 1. The fourth-order valence-corrected chi connectivity index (χ4v) is 1.89. The van der Waals surface area contributed by atoms with Crippen LogP contribution < -0.4 is 10.7 Å². The number of hydrazine groups is 1. The van der Waals surface area contributed by atoms with E-state index < -0.39 is 28.5 Å². The Hall–Kier alpha value is -3.17. The van der Waals surface area contributed by atoms with Crippen molar-refractivity contribution in [1.82, 2.24) is 15.8 Å². The van der Waals surface area contributed by atoms with E-state index in [1.165, 1.54) is 0 Å². The average molecular weight is 308 g/mol. The number of nitrogens with one attached hydrogen (secondary N) is 2. The van der Waals surface area contributed by atoms with Crippen molar-refractivity contribution in [3.8, 4) is 0 Å². The summed E-state index contributed by atoms with van der Waals surface area (Å²) in [7, 11) is 0. The van der Waals surface area contributed by atoms with Crippen LogP contribution in [0.3, 0.4) is 0 Å². The summed E-state index contributed by atoms with van der Waals surface area (Å²) in [5.41, 5.74) is 1.16. The summed E-state index contributed by atoms with van der Waals surface area (Å²) in [4.78, 5) is 44.5. The maximum Gasteiger partial charge on any atom is 0.336 e. The van der Waals surface area contributed by atoms with Gasteiger partial charge in [0.05, 0.1) is 10.5 Å². The summed E-state index contributed by atoms with van der Waals surface area (Å²) < 4.78 is 0. The minimum atomic E-state index is -1.39. The zero-order valence-electron chi connectivity index (χ0n) is 11.2. The third-order valence-electron chi connectivity index (χ3n) is 2.95. The molecule has 3 N–H and O–H groups in total. The van der Waals surface area contributed by atoms with Crippen LogP contribution in [0.5, 0.6) is 0 Å². The van der Waals surface area contributed by atoms with E-state index in [0.29, 0.717) is 13.0 Å². The Labute approximate surface area is 123 Å². The number of carboxylic acids is 1. The van der Waals surface area contributed by atoms with Crippen LogP contribution in [0, 0.1) is 10.1 Å². The van der Waals surface area contributed by atoms with Crippen molar-refractivity contribution in [1.29, 1.82) is 0 Å². The molecular weight excluding hydrogens is 296 g/mol. The van der Waals surface area contributed by atoms with Gasteiger partial charge in [-0.3, -0.25) is 20.3 Å². The first-order chi connectivity index (χ1) is 10.4. The first kappa shape index (κ1) is 15.2. The number of carboxylic acid groups (broad SMARTS) is 1. The molecule has 1 fully saturated rings. The molecule has 10 heteroatoms. The average Bonchev–Trinajstić information content (AvgIpc) is 2.49. The highest BCUT2D eigenvalue weighted by molar-refractivity contribution is 5.99. The number of nitro groups is 1. The molecule has 1 aliphatic rings. The van der Waals surface area contributed by atoms with Crippen molar-refractivity contribution in [2.45, 2.75) is 6.42 Å². The molecule has 0 atom stereocenters. The molecule has 1 heterocycles. The van der Waals surface area contributed by atoms with Crippen molar-refractivity contribution in [3.63, 3.8) is 0 Å². The van der Waals surface area contributed by atoms with E-state index in [1.807, 2.05) is 0 Å². The van der Waals surface area contributed by atoms with Crippen LogP contribution in [-0.2, 0) is 0 Å². The molecule has 1 aromatic rings. The van der Waals surface area contributed by atoms with Crippen LogP contribution in [0.1, 0.15) is 27.1 Å². The number of benzene rings is 1. The predicted octanol–water partition coefficient (Wildman–Crippen LogP) is 0.353. The van der Waals surface area contributed by atoms with E-state index in [0.717, 1.165) is 23.2 Å². The van der Waals surface area contributed by atoms with E-state index in [-0.39, 0.29) is 17.7 Å². The zero-order chi connectivity index (χ0) is 16.3. The Morgan fingerprint density at radius 1 is 1.32 bits per heavy atom. The Balaban J connectivity index is 2.26. The number of hydrogen-bond acceptors (Lipinski definition) is 5. The van der Waals surface area contributed by atoms with Gasteiger partial charge >= 0.3 is 12.0 Å². The number of aromatic carboxylic acids is 1. The molecular formula is C12H12N4O6. The van der Waals surface area contributed by atoms with Crippen LogP contribution in [0.4, 0.5) is 10.5 Å². The molecule has 22 heavy (non-hydrogen) atoms. The monoisotopic (exact) mass is 308 g/mol. The quantitative estimate of drug-likeness (QED) is 0.541. The minimum Gasteiger partial charge on any atom is -0.478 e. The summed E-state index contributed by atoms with van der Waals surface area (Å²) >= 11 is 0. The van der Waals surface area contributed by atoms with Crippen LogP contribution >= 0.6 is 0 Å². The number of hydrogen-bond donors (Lipinski definition) is 3. The number of rotatable bonds is 4. The number of nitro benzene ring substituents is 1. The van der Waals surface area contributed by atoms with Gasteiger partial charge in [-0.15, -0.1) is 0 Å². The standard InChI is InChI=1S/C12H12N4O6/c17-10(14-15-3-1-2-13-12(15)20)7-4-8(11(18)19)6-9(5-7)16(21)22/h4-6H,1-3H2,(H,13,20)(H,14,17)(H,18,19). The Morgan fingerprint density at radius 3 is 2.59 bits per heavy atom. The highest BCUT2D eigenvalue weighted by Gasteiger charge is 2.22. The number of carbonyl (C=O) groups is 3. The maximum atomic E-state index is 12.1. The lowest BCUT2D eigenvalue weighted by molar-refractivity contribution is -0.384. The van der Waals surface area contributed by atoms with Gasteiger partial charge < -0.3 is 10.4 Å². The highest BCUT2D eigenvalue weighted by atomic mass is 16.6. The number of nitrogens with zero attached hydrogens (tertiary/aromatic N) is 2. The van der Waals surface area contributed by atoms with Crippen molar-refractivity contribution in [2.75, 3.05) is 13.1 Å². The van der Waals surface area contributed by atoms with Crippen LogP contribution in [0.2, 0.25) is 0 Å². The lowest BCUT2D eigenvalue weighted by Gasteiger charge is -2.27. The molecule has 0 saturated carbocycles. The summed E-state index contributed by atoms with van der Waals surface area (Å²) in [6, 6.07) is 2.31. The van der Waals surface area contributed by atoms with Gasteiger partial charge in [-0.1, -0.05) is 0 Å². The van der Waals surface area contributed by atoms with Crippen molar-refractivity contribution in [3.05, 3.63) is 39.4 Å². The topological polar surface area (TPSA) is 142 Å². The Kier molecular flexibility index (Phi) is 4.20. The van der Waals surface area contributed by atoms with Gasteiger partial charge in [0.2, 0.25) is 0 Å². The number of carbonyl (C=O) groups excluding carboxylic acids is 2. The fourth-order valence-electron chi connectivity index (χ4n) is 1.89. The van der Waals surface area contributed by atoms with Crippen molar-refractivity contribution in [2.24, 2.45) is 0 Å². The number of urea groups is 1. The largest absolute Gasteiger partial charge is 0.478 e. The van der Waals surface area contributed by atoms with Gasteiger partial charge in [0.15, 0.2) is 0 Å². The smallest absolute Gasteiger partial charge is 0.336 e. The molecule has 0 radical (unpaired) electrons. The molecule has 0 spiro atoms. The third-order valence-corrected chi connectivity index (χ3v) is 2.95. The summed E-state index contributed by atoms with van der Waals surface area (Å²) in [6.45, 7) is 0.781. The summed E-state index contributed by atoms with van der Waals surface area (Å²) in [5, 5.41) is 23.3. The van der Waals surface area contributed by atoms with Gasteiger partial charge in [-0.2, -0.15) is 0 Å². The molecule has 0 aromatic heterocycles. The van der Waals surface area contributed by atoms with Gasteiger partial charge in [0.1, 0.15) is 0 Å². The van der Waals surface area contributed by atoms with Gasteiger partial charge in [0, 0.05) is 30.8 Å². The lowest BCUT2D eigenvalue weighted by Crippen LogP contribution is -2.54. The molecule has 1 aromatic carbocycles. The minimum absolute atomic E-state index is 0.218. The zero-order valence-corrected chi connectivity index (χ0v) is 11.2. The molecule has 2 rings (SSSR count). The van der Waals surface area contributed by atoms with E-state index in [9.17, 15) is 24.5 Å². The fraction of sp³-hybridized carbons (Fsp3) is 0.250. The molecule has 3 amide bonds. The molecule has 1 saturated heterocycles. The number of amides is 3. The van der Waals surface area contributed by atoms with E-state index in [1.54, 1.807) is 0 Å². The van der Waals surface area contributed by atoms with Crippen LogP contribution in [0.25, 0.3) is 0 Å². The van der Waals surface area contributed by atoms with Gasteiger partial charge in [0.25, 0.3) is 11.6 Å². The molecule has 0 aliphatic carbocycles. The van der Waals surface area contributed by atoms with Crippen molar-refractivity contribution < 1.29 is 24.4 Å². The predicted molar refractivity (Wildman–Crippen MR) is 72.2 cm³/mol. The normalized spacial score (nSPS) is 14.2. The van der Waals surface area contributed by atoms with E-state index in [4.69, 9.17) is 5.11 Å². The highest BCUT2D eigenvalue weighted by Crippen LogP contribution is 2.17. The molecule has 116 valence electrons. The van der Waals surface area contributed by atoms with Crippen molar-refractivity contribution >= 4 is 23.6 Å². The van der Waals surface area contributed by atoms with Crippen LogP contribution in [-0.4, -0.2) is 46.0 Å². The summed E-state index contributed by atoms with van der Waals surface area (Å²) in [6.07, 6.45) is 0.626. The van der Waals surface area contributed by atoms with Gasteiger partial charge in [-0.05, 0) is 12.5 Å². The Morgan fingerprint density at radius 2 is 2.00 bits per heavy atom. The lowest BCUT2D eigenvalue weighted by atomic mass is 10.1.